The molecule has 1 unspecified atom stereocenters. The molecule has 3 rings (SSSR count). The second kappa shape index (κ2) is 6.68. The zero-order valence-electron chi connectivity index (χ0n) is 15.9. The van der Waals surface area contributed by atoms with E-state index in [1.165, 1.54) is 5.56 Å². The first-order valence-corrected chi connectivity index (χ1v) is 8.97. The number of ether oxygens (including phenoxy) is 1. The second-order valence-corrected chi connectivity index (χ2v) is 7.58. The average molecular weight is 340 g/mol. The molecule has 4 heteroatoms. The van der Waals surface area contributed by atoms with Crippen LogP contribution in [0.3, 0.4) is 0 Å². The molecule has 0 radical (unpaired) electrons. The molecule has 0 bridgehead atoms. The molecule has 1 amide bonds. The van der Waals surface area contributed by atoms with Gasteiger partial charge < -0.3 is 14.2 Å². The van der Waals surface area contributed by atoms with E-state index in [0.29, 0.717) is 19.7 Å². The van der Waals surface area contributed by atoms with Crippen molar-refractivity contribution < 1.29 is 9.53 Å². The Labute approximate surface area is 150 Å². The quantitative estimate of drug-likeness (QED) is 0.847. The van der Waals surface area contributed by atoms with Gasteiger partial charge in [-0.15, -0.1) is 0 Å². The Balaban J connectivity index is 1.90. The van der Waals surface area contributed by atoms with E-state index >= 15 is 0 Å². The summed E-state index contributed by atoms with van der Waals surface area (Å²) in [6.07, 6.45) is 0. The largest absolute Gasteiger partial charge is 0.372 e. The number of benzene rings is 1. The van der Waals surface area contributed by atoms with Crippen molar-refractivity contribution >= 4 is 5.91 Å². The number of hydrogen-bond donors (Lipinski definition) is 0. The number of carbonyl (C=O) groups excluding carboxylic acids is 1. The molecule has 134 valence electrons. The van der Waals surface area contributed by atoms with Crippen molar-refractivity contribution in [1.82, 2.24) is 9.47 Å². The van der Waals surface area contributed by atoms with Crippen LogP contribution in [0.1, 0.15) is 54.1 Å². The Morgan fingerprint density at radius 3 is 2.52 bits per heavy atom. The molecule has 1 fully saturated rings. The van der Waals surface area contributed by atoms with Crippen LogP contribution in [-0.4, -0.2) is 40.7 Å². The number of hydrogen-bond acceptors (Lipinski definition) is 2. The van der Waals surface area contributed by atoms with Gasteiger partial charge in [0.25, 0.3) is 5.91 Å². The fourth-order valence-electron chi connectivity index (χ4n) is 3.83. The minimum absolute atomic E-state index is 0.107. The van der Waals surface area contributed by atoms with Gasteiger partial charge in [0, 0.05) is 24.5 Å². The minimum Gasteiger partial charge on any atom is -0.372 e. The zero-order chi connectivity index (χ0) is 18.2. The first-order chi connectivity index (χ1) is 11.8. The summed E-state index contributed by atoms with van der Waals surface area (Å²) < 4.78 is 8.00. The molecule has 2 aromatic rings. The van der Waals surface area contributed by atoms with Gasteiger partial charge >= 0.3 is 0 Å². The van der Waals surface area contributed by atoms with Crippen LogP contribution < -0.4 is 0 Å². The normalized spacial score (nSPS) is 18.2. The highest BCUT2D eigenvalue weighted by Gasteiger charge is 2.32. The van der Waals surface area contributed by atoms with Gasteiger partial charge in [-0.2, -0.15) is 0 Å². The van der Waals surface area contributed by atoms with Crippen molar-refractivity contribution in [2.75, 3.05) is 19.7 Å². The van der Waals surface area contributed by atoms with Crippen LogP contribution in [0.4, 0.5) is 0 Å². The predicted molar refractivity (Wildman–Crippen MR) is 100 cm³/mol. The number of carbonyl (C=O) groups is 1. The summed E-state index contributed by atoms with van der Waals surface area (Å²) in [5.74, 6) is 0.107. The molecule has 25 heavy (non-hydrogen) atoms. The molecule has 1 aromatic heterocycles. The molecule has 4 nitrogen and oxygen atoms in total. The van der Waals surface area contributed by atoms with Crippen LogP contribution in [0.2, 0.25) is 0 Å². The van der Waals surface area contributed by atoms with Gasteiger partial charge in [-0.3, -0.25) is 4.79 Å². The smallest absolute Gasteiger partial charge is 0.255 e. The van der Waals surface area contributed by atoms with Crippen molar-refractivity contribution in [1.29, 1.82) is 0 Å². The highest BCUT2D eigenvalue weighted by molar-refractivity contribution is 5.96. The molecular weight excluding hydrogens is 312 g/mol. The topological polar surface area (TPSA) is 34.5 Å². The van der Waals surface area contributed by atoms with E-state index < -0.39 is 0 Å². The third kappa shape index (κ3) is 3.49. The summed E-state index contributed by atoms with van der Waals surface area (Å²) in [6.45, 7) is 12.3. The van der Waals surface area contributed by atoms with Gasteiger partial charge in [0.15, 0.2) is 0 Å². The lowest BCUT2D eigenvalue weighted by Crippen LogP contribution is -2.50. The van der Waals surface area contributed by atoms with Gasteiger partial charge in [0.1, 0.15) is 0 Å². The molecule has 0 spiro atoms. The highest BCUT2D eigenvalue weighted by Crippen LogP contribution is 2.27. The van der Waals surface area contributed by atoms with E-state index in [2.05, 4.69) is 42.7 Å². The molecule has 0 N–H and O–H groups in total. The summed E-state index contributed by atoms with van der Waals surface area (Å²) in [4.78, 5) is 15.0. The van der Waals surface area contributed by atoms with Crippen LogP contribution in [0.15, 0.2) is 36.4 Å². The average Bonchev–Trinajstić information content (AvgIpc) is 2.88. The van der Waals surface area contributed by atoms with Crippen LogP contribution in [-0.2, 0) is 4.74 Å². The summed E-state index contributed by atoms with van der Waals surface area (Å²) in [6, 6.07) is 12.6. The number of rotatable bonds is 3. The van der Waals surface area contributed by atoms with Crippen molar-refractivity contribution in [2.45, 2.75) is 46.3 Å². The van der Waals surface area contributed by atoms with E-state index in [4.69, 9.17) is 4.74 Å². The molecule has 1 atom stereocenters. The zero-order valence-corrected chi connectivity index (χ0v) is 15.9. The lowest BCUT2D eigenvalue weighted by atomic mass is 10.1. The van der Waals surface area contributed by atoms with Gasteiger partial charge in [-0.25, -0.2) is 0 Å². The van der Waals surface area contributed by atoms with Gasteiger partial charge in [0.05, 0.1) is 23.8 Å². The number of amides is 1. The maximum absolute atomic E-state index is 13.1. The lowest BCUT2D eigenvalue weighted by Gasteiger charge is -2.38. The highest BCUT2D eigenvalue weighted by atomic mass is 16.5. The molecular formula is C21H28N2O2. The minimum atomic E-state index is -0.281. The van der Waals surface area contributed by atoms with E-state index in [1.807, 2.05) is 37.8 Å². The summed E-state index contributed by atoms with van der Waals surface area (Å²) in [5.41, 5.74) is 3.91. The maximum Gasteiger partial charge on any atom is 0.255 e. The van der Waals surface area contributed by atoms with Gasteiger partial charge in [-0.05, 0) is 46.2 Å². The second-order valence-electron chi connectivity index (χ2n) is 7.58. The molecule has 1 aromatic carbocycles. The predicted octanol–water partition coefficient (Wildman–Crippen LogP) is 3.97. The third-order valence-corrected chi connectivity index (χ3v) is 5.10. The fraction of sp³-hybridized carbons (Fsp3) is 0.476. The molecule has 1 aliphatic rings. The molecule has 1 saturated heterocycles. The first kappa shape index (κ1) is 17.7. The fourth-order valence-corrected chi connectivity index (χ4v) is 3.83. The molecule has 0 saturated carbocycles. The standard InChI is InChI=1S/C21H28N2O2/c1-15-13-19(20(24)22-11-12-25-21(4,5)14-22)17(3)23(15)16(2)18-9-7-6-8-10-18/h6-10,13,16H,11-12,14H2,1-5H3. The van der Waals surface area contributed by atoms with E-state index in [9.17, 15) is 4.79 Å². The van der Waals surface area contributed by atoms with Crippen molar-refractivity contribution in [2.24, 2.45) is 0 Å². The van der Waals surface area contributed by atoms with Crippen LogP contribution in [0.25, 0.3) is 0 Å². The van der Waals surface area contributed by atoms with Crippen molar-refractivity contribution in [3.05, 3.63) is 58.9 Å². The molecule has 2 heterocycles. The Morgan fingerprint density at radius 2 is 1.88 bits per heavy atom. The Bertz CT molecular complexity index is 762. The van der Waals surface area contributed by atoms with Crippen LogP contribution in [0.5, 0.6) is 0 Å². The SMILES string of the molecule is Cc1cc(C(=O)N2CCOC(C)(C)C2)c(C)n1C(C)c1ccccc1. The number of morpholine rings is 1. The third-order valence-electron chi connectivity index (χ3n) is 5.10. The van der Waals surface area contributed by atoms with Gasteiger partial charge in [-0.1, -0.05) is 30.3 Å². The van der Waals surface area contributed by atoms with Crippen LogP contribution in [0, 0.1) is 13.8 Å². The Morgan fingerprint density at radius 1 is 1.20 bits per heavy atom. The lowest BCUT2D eigenvalue weighted by molar-refractivity contribution is -0.0764. The van der Waals surface area contributed by atoms with E-state index in [1.54, 1.807) is 0 Å². The number of aromatic nitrogens is 1. The Kier molecular flexibility index (Phi) is 4.74. The van der Waals surface area contributed by atoms with E-state index in [0.717, 1.165) is 17.0 Å². The monoisotopic (exact) mass is 340 g/mol. The van der Waals surface area contributed by atoms with Crippen molar-refractivity contribution in [3.63, 3.8) is 0 Å². The molecule has 1 aliphatic heterocycles. The van der Waals surface area contributed by atoms with E-state index in [-0.39, 0.29) is 17.6 Å². The van der Waals surface area contributed by atoms with Gasteiger partial charge in [0.2, 0.25) is 0 Å². The number of aryl methyl sites for hydroxylation is 1. The first-order valence-electron chi connectivity index (χ1n) is 8.97. The Hall–Kier alpha value is -2.07. The number of nitrogens with zero attached hydrogens (tertiary/aromatic N) is 2. The summed E-state index contributed by atoms with van der Waals surface area (Å²) in [5, 5.41) is 0. The van der Waals surface area contributed by atoms with Crippen LogP contribution >= 0.6 is 0 Å². The molecule has 0 aliphatic carbocycles. The summed E-state index contributed by atoms with van der Waals surface area (Å²) in [7, 11) is 0. The van der Waals surface area contributed by atoms with Crippen molar-refractivity contribution in [3.8, 4) is 0 Å². The summed E-state index contributed by atoms with van der Waals surface area (Å²) >= 11 is 0. The maximum atomic E-state index is 13.1.